The lowest BCUT2D eigenvalue weighted by atomic mass is 9.91. The van der Waals surface area contributed by atoms with Gasteiger partial charge in [0.15, 0.2) is 9.84 Å². The molecule has 5 heteroatoms. The average Bonchev–Trinajstić information content (AvgIpc) is 2.42. The standard InChI is InChI=1S/C16H25NO3S/c1-3-20-16-8-7-14(17)10-13(16)11-21(18,19)15-6-4-5-12(2)9-15/h7-8,10,12,15H,3-6,9,11,17H2,1-2H3. The summed E-state index contributed by atoms with van der Waals surface area (Å²) in [6.07, 6.45) is 3.68. The molecule has 0 heterocycles. The van der Waals surface area contributed by atoms with Gasteiger partial charge in [-0.3, -0.25) is 0 Å². The minimum atomic E-state index is -3.16. The SMILES string of the molecule is CCOc1ccc(N)cc1CS(=O)(=O)C1CCCC(C)C1. The summed E-state index contributed by atoms with van der Waals surface area (Å²) >= 11 is 0. The van der Waals surface area contributed by atoms with Crippen LogP contribution in [-0.2, 0) is 15.6 Å². The molecule has 2 atom stereocenters. The van der Waals surface area contributed by atoms with Crippen molar-refractivity contribution in [3.8, 4) is 5.75 Å². The third-order valence-corrected chi connectivity index (χ3v) is 6.29. The molecule has 1 aromatic rings. The normalized spacial score (nSPS) is 23.0. The monoisotopic (exact) mass is 311 g/mol. The van der Waals surface area contributed by atoms with Gasteiger partial charge in [-0.1, -0.05) is 19.8 Å². The second-order valence-electron chi connectivity index (χ2n) is 6.00. The van der Waals surface area contributed by atoms with Crippen molar-refractivity contribution in [3.05, 3.63) is 23.8 Å². The highest BCUT2D eigenvalue weighted by atomic mass is 32.2. The molecule has 1 aliphatic carbocycles. The molecule has 21 heavy (non-hydrogen) atoms. The fourth-order valence-corrected chi connectivity index (χ4v) is 5.09. The van der Waals surface area contributed by atoms with Crippen molar-refractivity contribution in [1.29, 1.82) is 0 Å². The summed E-state index contributed by atoms with van der Waals surface area (Å²) in [4.78, 5) is 0. The number of anilines is 1. The molecule has 1 saturated carbocycles. The lowest BCUT2D eigenvalue weighted by Gasteiger charge is -2.26. The van der Waals surface area contributed by atoms with Crippen molar-refractivity contribution in [3.63, 3.8) is 0 Å². The van der Waals surface area contributed by atoms with Crippen molar-refractivity contribution in [2.45, 2.75) is 50.5 Å². The minimum absolute atomic E-state index is 0.0186. The molecule has 1 aliphatic rings. The van der Waals surface area contributed by atoms with E-state index in [9.17, 15) is 8.42 Å². The fraction of sp³-hybridized carbons (Fsp3) is 0.625. The van der Waals surface area contributed by atoms with E-state index in [2.05, 4.69) is 6.92 Å². The van der Waals surface area contributed by atoms with E-state index in [0.29, 0.717) is 29.5 Å². The number of benzene rings is 1. The van der Waals surface area contributed by atoms with Crippen LogP contribution in [0.3, 0.4) is 0 Å². The number of nitrogen functional groups attached to an aromatic ring is 1. The van der Waals surface area contributed by atoms with Crippen LogP contribution in [0.4, 0.5) is 5.69 Å². The second-order valence-corrected chi connectivity index (χ2v) is 8.28. The van der Waals surface area contributed by atoms with Crippen LogP contribution in [0.1, 0.15) is 45.1 Å². The number of sulfone groups is 1. The van der Waals surface area contributed by atoms with E-state index in [-0.39, 0.29) is 11.0 Å². The molecule has 0 aromatic heterocycles. The van der Waals surface area contributed by atoms with Gasteiger partial charge in [-0.25, -0.2) is 8.42 Å². The molecular formula is C16H25NO3S. The van der Waals surface area contributed by atoms with Crippen LogP contribution in [-0.4, -0.2) is 20.3 Å². The van der Waals surface area contributed by atoms with Crippen molar-refractivity contribution in [2.24, 2.45) is 5.92 Å². The molecule has 0 amide bonds. The summed E-state index contributed by atoms with van der Waals surface area (Å²) in [5.41, 5.74) is 7.04. The predicted molar refractivity (Wildman–Crippen MR) is 86.1 cm³/mol. The summed E-state index contributed by atoms with van der Waals surface area (Å²) in [7, 11) is -3.16. The van der Waals surface area contributed by atoms with Crippen LogP contribution in [0.25, 0.3) is 0 Å². The molecule has 0 radical (unpaired) electrons. The Morgan fingerprint density at radius 1 is 1.33 bits per heavy atom. The Morgan fingerprint density at radius 3 is 2.76 bits per heavy atom. The lowest BCUT2D eigenvalue weighted by Crippen LogP contribution is -2.28. The molecule has 2 rings (SSSR count). The van der Waals surface area contributed by atoms with Crippen molar-refractivity contribution >= 4 is 15.5 Å². The molecule has 118 valence electrons. The van der Waals surface area contributed by atoms with Crippen LogP contribution in [0.2, 0.25) is 0 Å². The molecule has 4 nitrogen and oxygen atoms in total. The fourth-order valence-electron chi connectivity index (χ4n) is 3.05. The van der Waals surface area contributed by atoms with E-state index in [4.69, 9.17) is 10.5 Å². The maximum atomic E-state index is 12.7. The number of nitrogens with two attached hydrogens (primary N) is 1. The van der Waals surface area contributed by atoms with E-state index in [1.54, 1.807) is 18.2 Å². The Hall–Kier alpha value is -1.23. The third-order valence-electron chi connectivity index (χ3n) is 4.14. The molecule has 0 saturated heterocycles. The largest absolute Gasteiger partial charge is 0.494 e. The zero-order chi connectivity index (χ0) is 15.5. The number of hydrogen-bond acceptors (Lipinski definition) is 4. The topological polar surface area (TPSA) is 69.4 Å². The van der Waals surface area contributed by atoms with Gasteiger partial charge in [0.05, 0.1) is 17.6 Å². The van der Waals surface area contributed by atoms with Crippen LogP contribution in [0, 0.1) is 5.92 Å². The van der Waals surface area contributed by atoms with Crippen LogP contribution in [0.15, 0.2) is 18.2 Å². The highest BCUT2D eigenvalue weighted by Gasteiger charge is 2.30. The predicted octanol–water partition coefficient (Wildman–Crippen LogP) is 3.16. The van der Waals surface area contributed by atoms with Gasteiger partial charge in [0, 0.05) is 11.3 Å². The van der Waals surface area contributed by atoms with Gasteiger partial charge in [-0.05, 0) is 43.9 Å². The smallest absolute Gasteiger partial charge is 0.157 e. The first-order chi connectivity index (χ1) is 9.92. The van der Waals surface area contributed by atoms with Crippen molar-refractivity contribution in [1.82, 2.24) is 0 Å². The Morgan fingerprint density at radius 2 is 2.10 bits per heavy atom. The van der Waals surface area contributed by atoms with Gasteiger partial charge < -0.3 is 10.5 Å². The maximum absolute atomic E-state index is 12.7. The van der Waals surface area contributed by atoms with Crippen LogP contribution in [0.5, 0.6) is 5.75 Å². The summed E-state index contributed by atoms with van der Waals surface area (Å²) in [5, 5.41) is -0.225. The average molecular weight is 311 g/mol. The zero-order valence-electron chi connectivity index (χ0n) is 12.8. The minimum Gasteiger partial charge on any atom is -0.494 e. The van der Waals surface area contributed by atoms with Gasteiger partial charge in [0.25, 0.3) is 0 Å². The highest BCUT2D eigenvalue weighted by molar-refractivity contribution is 7.91. The molecule has 1 fully saturated rings. The van der Waals surface area contributed by atoms with Gasteiger partial charge in [-0.2, -0.15) is 0 Å². The number of hydrogen-bond donors (Lipinski definition) is 1. The first kappa shape index (κ1) is 16.1. The number of ether oxygens (including phenoxy) is 1. The summed E-state index contributed by atoms with van der Waals surface area (Å²) in [6, 6.07) is 5.21. The first-order valence-electron chi connectivity index (χ1n) is 7.65. The second kappa shape index (κ2) is 6.69. The summed E-state index contributed by atoms with van der Waals surface area (Å²) in [5.74, 6) is 1.13. The molecule has 0 bridgehead atoms. The lowest BCUT2D eigenvalue weighted by molar-refractivity contribution is 0.337. The van der Waals surface area contributed by atoms with E-state index >= 15 is 0 Å². The van der Waals surface area contributed by atoms with Crippen LogP contribution >= 0.6 is 0 Å². The van der Waals surface area contributed by atoms with Crippen LogP contribution < -0.4 is 10.5 Å². The summed E-state index contributed by atoms with van der Waals surface area (Å²) in [6.45, 7) is 4.53. The van der Waals surface area contributed by atoms with Crippen molar-refractivity contribution in [2.75, 3.05) is 12.3 Å². The molecular weight excluding hydrogens is 286 g/mol. The molecule has 0 aliphatic heterocycles. The van der Waals surface area contributed by atoms with Crippen molar-refractivity contribution < 1.29 is 13.2 Å². The molecule has 2 N–H and O–H groups in total. The Kier molecular flexibility index (Phi) is 5.14. The molecule has 1 aromatic carbocycles. The highest BCUT2D eigenvalue weighted by Crippen LogP contribution is 2.32. The van der Waals surface area contributed by atoms with Gasteiger partial charge in [0.1, 0.15) is 5.75 Å². The maximum Gasteiger partial charge on any atom is 0.157 e. The van der Waals surface area contributed by atoms with E-state index in [0.717, 1.165) is 25.7 Å². The number of rotatable bonds is 5. The Labute approximate surface area is 127 Å². The van der Waals surface area contributed by atoms with E-state index in [1.165, 1.54) is 0 Å². The third kappa shape index (κ3) is 4.13. The van der Waals surface area contributed by atoms with E-state index in [1.807, 2.05) is 6.92 Å². The quantitative estimate of drug-likeness (QED) is 0.848. The molecule has 2 unspecified atom stereocenters. The molecule has 0 spiro atoms. The summed E-state index contributed by atoms with van der Waals surface area (Å²) < 4.78 is 30.9. The zero-order valence-corrected chi connectivity index (χ0v) is 13.7. The Balaban J connectivity index is 2.21. The van der Waals surface area contributed by atoms with Gasteiger partial charge >= 0.3 is 0 Å². The first-order valence-corrected chi connectivity index (χ1v) is 9.36. The van der Waals surface area contributed by atoms with Gasteiger partial charge in [-0.15, -0.1) is 0 Å². The van der Waals surface area contributed by atoms with E-state index < -0.39 is 9.84 Å². The Bertz CT molecular complexity index is 583. The van der Waals surface area contributed by atoms with Gasteiger partial charge in [0.2, 0.25) is 0 Å².